The maximum Gasteiger partial charge on any atom is 0.271 e. The number of nitrogens with one attached hydrogen (secondary N) is 2. The van der Waals surface area contributed by atoms with Gasteiger partial charge in [-0.25, -0.2) is 4.98 Å². The summed E-state index contributed by atoms with van der Waals surface area (Å²) in [5.74, 6) is 0.00503. The van der Waals surface area contributed by atoms with E-state index in [0.717, 1.165) is 9.88 Å². The van der Waals surface area contributed by atoms with Gasteiger partial charge in [0.1, 0.15) is 16.5 Å². The molecule has 0 aliphatic rings. The van der Waals surface area contributed by atoms with Crippen LogP contribution in [0, 0.1) is 0 Å². The number of amides is 2. The molecule has 2 amide bonds. The van der Waals surface area contributed by atoms with Crippen molar-refractivity contribution in [3.05, 3.63) is 52.7 Å². The van der Waals surface area contributed by atoms with Crippen LogP contribution in [0.3, 0.4) is 0 Å². The van der Waals surface area contributed by atoms with Crippen molar-refractivity contribution >= 4 is 34.5 Å². The van der Waals surface area contributed by atoms with Gasteiger partial charge in [0.15, 0.2) is 0 Å². The van der Waals surface area contributed by atoms with Gasteiger partial charge in [-0.15, -0.1) is 22.7 Å². The van der Waals surface area contributed by atoms with Crippen LogP contribution in [-0.2, 0) is 11.3 Å². The predicted octanol–water partition coefficient (Wildman–Crippen LogP) is 2.51. The van der Waals surface area contributed by atoms with Gasteiger partial charge in [-0.1, -0.05) is 6.07 Å². The van der Waals surface area contributed by atoms with Gasteiger partial charge in [-0.2, -0.15) is 0 Å². The summed E-state index contributed by atoms with van der Waals surface area (Å²) < 4.78 is 5.11. The van der Waals surface area contributed by atoms with Crippen molar-refractivity contribution in [2.75, 3.05) is 6.54 Å². The summed E-state index contributed by atoms with van der Waals surface area (Å²) in [5, 5.41) is 9.65. The molecule has 0 unspecified atom stereocenters. The molecule has 0 aromatic carbocycles. The van der Waals surface area contributed by atoms with E-state index < -0.39 is 0 Å². The fraction of sp³-hybridized carbons (Fsp3) is 0.133. The summed E-state index contributed by atoms with van der Waals surface area (Å²) in [6, 6.07) is 7.40. The standard InChI is InChI=1S/C15H13N3O3S2/c19-13(16-7-10-3-1-5-21-10)8-17-14(20)11-9-23-15(18-11)12-4-2-6-22-12/h1-6,9H,7-8H2,(H,16,19)(H,17,20). The second-order valence-corrected chi connectivity index (χ2v) is 6.36. The highest BCUT2D eigenvalue weighted by Crippen LogP contribution is 2.27. The van der Waals surface area contributed by atoms with Gasteiger partial charge in [0, 0.05) is 5.38 Å². The molecule has 6 nitrogen and oxygen atoms in total. The van der Waals surface area contributed by atoms with Crippen LogP contribution in [0.1, 0.15) is 16.2 Å². The van der Waals surface area contributed by atoms with E-state index in [4.69, 9.17) is 4.42 Å². The zero-order chi connectivity index (χ0) is 16.1. The molecule has 0 bridgehead atoms. The lowest BCUT2D eigenvalue weighted by Crippen LogP contribution is -2.36. The summed E-state index contributed by atoms with van der Waals surface area (Å²) in [6.07, 6.45) is 1.54. The fourth-order valence-electron chi connectivity index (χ4n) is 1.80. The first-order chi connectivity index (χ1) is 11.2. The highest BCUT2D eigenvalue weighted by Gasteiger charge is 2.13. The average molecular weight is 347 g/mol. The quantitative estimate of drug-likeness (QED) is 0.717. The van der Waals surface area contributed by atoms with Crippen molar-refractivity contribution in [3.8, 4) is 9.88 Å². The Morgan fingerprint density at radius 2 is 2.09 bits per heavy atom. The van der Waals surface area contributed by atoms with Gasteiger partial charge in [0.25, 0.3) is 5.91 Å². The van der Waals surface area contributed by atoms with Gasteiger partial charge in [0.2, 0.25) is 5.91 Å². The lowest BCUT2D eigenvalue weighted by molar-refractivity contribution is -0.120. The van der Waals surface area contributed by atoms with Crippen molar-refractivity contribution in [1.82, 2.24) is 15.6 Å². The van der Waals surface area contributed by atoms with Crippen molar-refractivity contribution in [3.63, 3.8) is 0 Å². The van der Waals surface area contributed by atoms with Gasteiger partial charge < -0.3 is 15.1 Å². The third kappa shape index (κ3) is 4.05. The molecule has 3 aromatic rings. The molecule has 3 aromatic heterocycles. The summed E-state index contributed by atoms with van der Waals surface area (Å²) in [7, 11) is 0. The minimum atomic E-state index is -0.364. The normalized spacial score (nSPS) is 10.4. The molecule has 0 radical (unpaired) electrons. The van der Waals surface area contributed by atoms with E-state index in [1.54, 1.807) is 28.8 Å². The van der Waals surface area contributed by atoms with Crippen molar-refractivity contribution in [2.24, 2.45) is 0 Å². The second-order valence-electron chi connectivity index (χ2n) is 4.55. The van der Waals surface area contributed by atoms with E-state index in [-0.39, 0.29) is 18.4 Å². The second kappa shape index (κ2) is 7.21. The lowest BCUT2D eigenvalue weighted by Gasteiger charge is -2.04. The Balaban J connectivity index is 1.48. The van der Waals surface area contributed by atoms with Crippen LogP contribution < -0.4 is 10.6 Å². The van der Waals surface area contributed by atoms with E-state index in [2.05, 4.69) is 15.6 Å². The minimum Gasteiger partial charge on any atom is -0.467 e. The van der Waals surface area contributed by atoms with Crippen molar-refractivity contribution in [2.45, 2.75) is 6.54 Å². The first kappa shape index (κ1) is 15.4. The van der Waals surface area contributed by atoms with E-state index in [9.17, 15) is 9.59 Å². The Hall–Kier alpha value is -2.45. The smallest absolute Gasteiger partial charge is 0.271 e. The molecule has 0 atom stereocenters. The molecular formula is C15H13N3O3S2. The predicted molar refractivity (Wildman–Crippen MR) is 88.3 cm³/mol. The van der Waals surface area contributed by atoms with E-state index in [1.807, 2.05) is 17.5 Å². The zero-order valence-electron chi connectivity index (χ0n) is 11.9. The topological polar surface area (TPSA) is 84.2 Å². The third-order valence-corrected chi connectivity index (χ3v) is 4.80. The van der Waals surface area contributed by atoms with Crippen LogP contribution in [0.15, 0.2) is 45.7 Å². The first-order valence-corrected chi connectivity index (χ1v) is 8.55. The molecule has 118 valence electrons. The Bertz CT molecular complexity index is 779. The number of hydrogen-bond donors (Lipinski definition) is 2. The monoisotopic (exact) mass is 347 g/mol. The molecule has 23 heavy (non-hydrogen) atoms. The number of furan rings is 1. The lowest BCUT2D eigenvalue weighted by atomic mass is 10.4. The van der Waals surface area contributed by atoms with Crippen LogP contribution >= 0.6 is 22.7 Å². The Morgan fingerprint density at radius 1 is 1.17 bits per heavy atom. The molecule has 3 heterocycles. The molecule has 0 aliphatic heterocycles. The molecule has 0 saturated carbocycles. The fourth-order valence-corrected chi connectivity index (χ4v) is 3.42. The number of thiazole rings is 1. The minimum absolute atomic E-state index is 0.106. The van der Waals surface area contributed by atoms with E-state index in [0.29, 0.717) is 18.0 Å². The number of carbonyl (C=O) groups is 2. The number of carbonyl (C=O) groups excluding carboxylic acids is 2. The molecule has 2 N–H and O–H groups in total. The van der Waals surface area contributed by atoms with Gasteiger partial charge in [-0.3, -0.25) is 9.59 Å². The van der Waals surface area contributed by atoms with Crippen LogP contribution in [0.25, 0.3) is 9.88 Å². The maximum absolute atomic E-state index is 12.0. The SMILES string of the molecule is O=C(CNC(=O)c1csc(-c2cccs2)n1)NCc1ccco1. The number of rotatable bonds is 6. The first-order valence-electron chi connectivity index (χ1n) is 6.79. The largest absolute Gasteiger partial charge is 0.467 e. The number of hydrogen-bond acceptors (Lipinski definition) is 6. The van der Waals surface area contributed by atoms with Gasteiger partial charge >= 0.3 is 0 Å². The zero-order valence-corrected chi connectivity index (χ0v) is 13.6. The van der Waals surface area contributed by atoms with Gasteiger partial charge in [0.05, 0.1) is 24.2 Å². The Morgan fingerprint density at radius 3 is 2.83 bits per heavy atom. The molecule has 0 spiro atoms. The van der Waals surface area contributed by atoms with E-state index >= 15 is 0 Å². The van der Waals surface area contributed by atoms with Crippen molar-refractivity contribution in [1.29, 1.82) is 0 Å². The molecule has 0 aliphatic carbocycles. The molecule has 0 fully saturated rings. The van der Waals surface area contributed by atoms with Crippen LogP contribution in [0.4, 0.5) is 0 Å². The van der Waals surface area contributed by atoms with Crippen molar-refractivity contribution < 1.29 is 14.0 Å². The number of nitrogens with zero attached hydrogens (tertiary/aromatic N) is 1. The van der Waals surface area contributed by atoms with Crippen LogP contribution in [0.2, 0.25) is 0 Å². The Kier molecular flexibility index (Phi) is 4.84. The van der Waals surface area contributed by atoms with Gasteiger partial charge in [-0.05, 0) is 23.6 Å². The summed E-state index contributed by atoms with van der Waals surface area (Å²) in [5.41, 5.74) is 0.317. The number of aromatic nitrogens is 1. The molecule has 0 saturated heterocycles. The summed E-state index contributed by atoms with van der Waals surface area (Å²) in [6.45, 7) is 0.187. The highest BCUT2D eigenvalue weighted by atomic mass is 32.1. The third-order valence-electron chi connectivity index (χ3n) is 2.92. The van der Waals surface area contributed by atoms with Crippen LogP contribution in [0.5, 0.6) is 0 Å². The maximum atomic E-state index is 12.0. The summed E-state index contributed by atoms with van der Waals surface area (Å²) in [4.78, 5) is 29.0. The molecule has 8 heteroatoms. The summed E-state index contributed by atoms with van der Waals surface area (Å²) >= 11 is 2.97. The molecular weight excluding hydrogens is 334 g/mol. The Labute approximate surface area is 140 Å². The van der Waals surface area contributed by atoms with E-state index in [1.165, 1.54) is 17.6 Å². The number of thiophene rings is 1. The highest BCUT2D eigenvalue weighted by molar-refractivity contribution is 7.20. The van der Waals surface area contributed by atoms with Crippen LogP contribution in [-0.4, -0.2) is 23.3 Å². The molecule has 3 rings (SSSR count). The average Bonchev–Trinajstić information content (AvgIpc) is 3.31.